The number of thiazole rings is 1. The van der Waals surface area contributed by atoms with Crippen LogP contribution in [-0.2, 0) is 4.79 Å². The molecule has 0 spiro atoms. The molecule has 1 atom stereocenters. The number of rotatable bonds is 6. The van der Waals surface area contributed by atoms with Gasteiger partial charge in [0, 0.05) is 17.5 Å². The van der Waals surface area contributed by atoms with E-state index in [4.69, 9.17) is 11.6 Å². The highest BCUT2D eigenvalue weighted by atomic mass is 35.5. The third-order valence-corrected chi connectivity index (χ3v) is 4.68. The van der Waals surface area contributed by atoms with Gasteiger partial charge in [0.15, 0.2) is 5.13 Å². The minimum Gasteiger partial charge on any atom is -0.340 e. The third-order valence-electron chi connectivity index (χ3n) is 3.49. The van der Waals surface area contributed by atoms with Gasteiger partial charge in [-0.25, -0.2) is 4.98 Å². The molecule has 0 fully saturated rings. The quantitative estimate of drug-likeness (QED) is 0.573. The molecular formula is C16H17ClN4O4S. The van der Waals surface area contributed by atoms with Gasteiger partial charge >= 0.3 is 0 Å². The molecule has 1 aromatic carbocycles. The van der Waals surface area contributed by atoms with Crippen molar-refractivity contribution < 1.29 is 14.5 Å². The Morgan fingerprint density at radius 3 is 2.54 bits per heavy atom. The maximum Gasteiger partial charge on any atom is 0.270 e. The molecule has 2 amide bonds. The lowest BCUT2D eigenvalue weighted by molar-refractivity contribution is -0.384. The van der Waals surface area contributed by atoms with Crippen LogP contribution >= 0.6 is 22.9 Å². The smallest absolute Gasteiger partial charge is 0.270 e. The van der Waals surface area contributed by atoms with Crippen molar-refractivity contribution in [2.75, 3.05) is 5.32 Å². The van der Waals surface area contributed by atoms with Crippen molar-refractivity contribution in [2.45, 2.75) is 26.8 Å². The first-order chi connectivity index (χ1) is 12.2. The number of hydrogen-bond acceptors (Lipinski definition) is 6. The second kappa shape index (κ2) is 8.24. The first-order valence-corrected chi connectivity index (χ1v) is 8.92. The Morgan fingerprint density at radius 2 is 2.04 bits per heavy atom. The molecule has 1 aromatic heterocycles. The third kappa shape index (κ3) is 4.77. The molecule has 2 aromatic rings. The van der Waals surface area contributed by atoms with Gasteiger partial charge in [-0.05, 0) is 18.9 Å². The molecular weight excluding hydrogens is 380 g/mol. The summed E-state index contributed by atoms with van der Waals surface area (Å²) in [6.45, 7) is 5.38. The van der Waals surface area contributed by atoms with Gasteiger partial charge in [0.1, 0.15) is 6.04 Å². The van der Waals surface area contributed by atoms with Crippen LogP contribution in [0.15, 0.2) is 23.6 Å². The van der Waals surface area contributed by atoms with Crippen LogP contribution < -0.4 is 10.6 Å². The summed E-state index contributed by atoms with van der Waals surface area (Å²) in [6.07, 6.45) is 0. The van der Waals surface area contributed by atoms with Gasteiger partial charge in [-0.1, -0.05) is 25.4 Å². The number of carbonyl (C=O) groups is 2. The monoisotopic (exact) mass is 396 g/mol. The number of benzene rings is 1. The van der Waals surface area contributed by atoms with Crippen molar-refractivity contribution in [1.29, 1.82) is 0 Å². The van der Waals surface area contributed by atoms with Gasteiger partial charge in [-0.3, -0.25) is 19.7 Å². The fourth-order valence-corrected chi connectivity index (χ4v) is 3.10. The summed E-state index contributed by atoms with van der Waals surface area (Å²) in [5.74, 6) is -1.19. The summed E-state index contributed by atoms with van der Waals surface area (Å²) in [5, 5.41) is 18.2. The predicted octanol–water partition coefficient (Wildman–Crippen LogP) is 3.41. The van der Waals surface area contributed by atoms with Gasteiger partial charge in [-0.2, -0.15) is 0 Å². The van der Waals surface area contributed by atoms with Crippen LogP contribution in [0, 0.1) is 23.0 Å². The van der Waals surface area contributed by atoms with Crippen molar-refractivity contribution in [3.8, 4) is 0 Å². The number of anilines is 1. The second-order valence-corrected chi connectivity index (χ2v) is 7.17. The van der Waals surface area contributed by atoms with E-state index in [1.807, 2.05) is 6.92 Å². The van der Waals surface area contributed by atoms with Gasteiger partial charge in [-0.15, -0.1) is 11.3 Å². The van der Waals surface area contributed by atoms with Crippen molar-refractivity contribution in [2.24, 2.45) is 5.92 Å². The van der Waals surface area contributed by atoms with Crippen molar-refractivity contribution in [1.82, 2.24) is 10.3 Å². The zero-order valence-electron chi connectivity index (χ0n) is 14.3. The van der Waals surface area contributed by atoms with Crippen LogP contribution in [-0.4, -0.2) is 27.8 Å². The Bertz CT molecular complexity index is 853. The molecule has 0 radical (unpaired) electrons. The molecule has 10 heteroatoms. The number of carbonyl (C=O) groups excluding carboxylic acids is 2. The highest BCUT2D eigenvalue weighted by Crippen LogP contribution is 2.23. The Hall–Kier alpha value is -2.52. The number of aromatic nitrogens is 1. The lowest BCUT2D eigenvalue weighted by Crippen LogP contribution is -2.47. The molecule has 0 unspecified atom stereocenters. The van der Waals surface area contributed by atoms with Crippen LogP contribution in [0.4, 0.5) is 10.8 Å². The maximum absolute atomic E-state index is 12.5. The van der Waals surface area contributed by atoms with Crippen LogP contribution in [0.25, 0.3) is 0 Å². The minimum atomic E-state index is -0.821. The summed E-state index contributed by atoms with van der Waals surface area (Å²) in [6, 6.07) is 2.72. The topological polar surface area (TPSA) is 114 Å². The van der Waals surface area contributed by atoms with Gasteiger partial charge < -0.3 is 10.6 Å². The summed E-state index contributed by atoms with van der Waals surface area (Å²) in [4.78, 5) is 39.3. The standard InChI is InChI=1S/C16H17ClN4O4S/c1-8(2)13(15(23)20-16-18-9(3)7-26-16)19-14(22)11-5-4-10(21(24)25)6-12(11)17/h4-8,13H,1-3H3,(H,19,22)(H,18,20,23)/t13-/m0/s1. The highest BCUT2D eigenvalue weighted by molar-refractivity contribution is 7.13. The SMILES string of the molecule is Cc1csc(NC(=O)[C@@H](NC(=O)c2ccc([N+](=O)[O-])cc2Cl)C(C)C)n1. The number of halogens is 1. The first kappa shape index (κ1) is 19.8. The van der Waals surface area contributed by atoms with Crippen molar-refractivity contribution in [3.63, 3.8) is 0 Å². The van der Waals surface area contributed by atoms with Crippen molar-refractivity contribution >= 4 is 45.6 Å². The zero-order chi connectivity index (χ0) is 19.4. The molecule has 0 aliphatic carbocycles. The average Bonchev–Trinajstić information content (AvgIpc) is 2.96. The minimum absolute atomic E-state index is 0.0563. The predicted molar refractivity (Wildman–Crippen MR) is 99.7 cm³/mol. The molecule has 2 N–H and O–H groups in total. The fraction of sp³-hybridized carbons (Fsp3) is 0.312. The normalized spacial score (nSPS) is 11.9. The van der Waals surface area contributed by atoms with Crippen LogP contribution in [0.5, 0.6) is 0 Å². The summed E-state index contributed by atoms with van der Waals surface area (Å²) < 4.78 is 0. The molecule has 0 aliphatic heterocycles. The Balaban J connectivity index is 2.15. The molecule has 26 heavy (non-hydrogen) atoms. The molecule has 0 saturated carbocycles. The van der Waals surface area contributed by atoms with Crippen LogP contribution in [0.2, 0.25) is 5.02 Å². The number of nitrogens with one attached hydrogen (secondary N) is 2. The van der Waals surface area contributed by atoms with E-state index >= 15 is 0 Å². The lowest BCUT2D eigenvalue weighted by atomic mass is 10.0. The lowest BCUT2D eigenvalue weighted by Gasteiger charge is -2.21. The van der Waals surface area contributed by atoms with E-state index in [2.05, 4.69) is 15.6 Å². The molecule has 1 heterocycles. The van der Waals surface area contributed by atoms with E-state index in [-0.39, 0.29) is 22.2 Å². The number of amides is 2. The number of nitrogens with zero attached hydrogens (tertiary/aromatic N) is 2. The van der Waals surface area contributed by atoms with Gasteiger partial charge in [0.05, 0.1) is 21.2 Å². The Kier molecular flexibility index (Phi) is 6.27. The summed E-state index contributed by atoms with van der Waals surface area (Å²) in [7, 11) is 0. The van der Waals surface area contributed by atoms with Crippen molar-refractivity contribution in [3.05, 3.63) is 50.0 Å². The van der Waals surface area contributed by atoms with Gasteiger partial charge in [0.2, 0.25) is 5.91 Å². The van der Waals surface area contributed by atoms with E-state index in [9.17, 15) is 19.7 Å². The largest absolute Gasteiger partial charge is 0.340 e. The summed E-state index contributed by atoms with van der Waals surface area (Å²) in [5.41, 5.74) is 0.623. The number of hydrogen-bond donors (Lipinski definition) is 2. The first-order valence-electron chi connectivity index (χ1n) is 7.67. The Labute approximate surface area is 158 Å². The highest BCUT2D eigenvalue weighted by Gasteiger charge is 2.26. The van der Waals surface area contributed by atoms with E-state index in [1.165, 1.54) is 23.5 Å². The maximum atomic E-state index is 12.5. The fourth-order valence-electron chi connectivity index (χ4n) is 2.15. The van der Waals surface area contributed by atoms with E-state index < -0.39 is 22.8 Å². The van der Waals surface area contributed by atoms with E-state index in [0.29, 0.717) is 5.13 Å². The second-order valence-electron chi connectivity index (χ2n) is 5.90. The number of nitro groups is 1. The number of nitro benzene ring substituents is 1. The molecule has 8 nitrogen and oxygen atoms in total. The number of aryl methyl sites for hydroxylation is 1. The molecule has 138 valence electrons. The zero-order valence-corrected chi connectivity index (χ0v) is 15.9. The van der Waals surface area contributed by atoms with E-state index in [0.717, 1.165) is 11.8 Å². The molecule has 0 bridgehead atoms. The van der Waals surface area contributed by atoms with E-state index in [1.54, 1.807) is 19.2 Å². The Morgan fingerprint density at radius 1 is 1.35 bits per heavy atom. The van der Waals surface area contributed by atoms with Gasteiger partial charge in [0.25, 0.3) is 11.6 Å². The number of non-ortho nitro benzene ring substituents is 1. The van der Waals surface area contributed by atoms with Crippen LogP contribution in [0.1, 0.15) is 29.9 Å². The van der Waals surface area contributed by atoms with Crippen LogP contribution in [0.3, 0.4) is 0 Å². The molecule has 0 saturated heterocycles. The average molecular weight is 397 g/mol. The summed E-state index contributed by atoms with van der Waals surface area (Å²) >= 11 is 7.26. The molecule has 0 aliphatic rings. The molecule has 2 rings (SSSR count).